The number of nitrogens with zero attached hydrogens (tertiary/aromatic N) is 3. The molecule has 0 saturated carbocycles. The van der Waals surface area contributed by atoms with Crippen molar-refractivity contribution < 1.29 is 25.6 Å². The molecule has 6 heteroatoms. The van der Waals surface area contributed by atoms with E-state index in [0.717, 1.165) is 77.9 Å². The van der Waals surface area contributed by atoms with Crippen molar-refractivity contribution in [2.45, 2.75) is 0 Å². The molecule has 0 amide bonds. The van der Waals surface area contributed by atoms with Gasteiger partial charge in [0.05, 0.1) is 0 Å². The van der Waals surface area contributed by atoms with Gasteiger partial charge in [0, 0.05) is 10.8 Å². The number of para-hydroxylation sites is 5. The molecule has 50 heavy (non-hydrogen) atoms. The Balaban J connectivity index is 1.08. The summed E-state index contributed by atoms with van der Waals surface area (Å²) >= 11 is -0.342. The number of hydrogen-bond acceptors (Lipinski definition) is 3. The third-order valence-electron chi connectivity index (χ3n) is 9.77. The van der Waals surface area contributed by atoms with Crippen molar-refractivity contribution in [3.05, 3.63) is 161 Å². The van der Waals surface area contributed by atoms with Gasteiger partial charge in [-0.2, -0.15) is 0 Å². The van der Waals surface area contributed by atoms with Crippen LogP contribution < -0.4 is 21.2 Å². The Morgan fingerprint density at radius 2 is 1.30 bits per heavy atom. The van der Waals surface area contributed by atoms with Gasteiger partial charge in [-0.25, -0.2) is 0 Å². The number of halogens is 1. The first-order valence-corrected chi connectivity index (χ1v) is 18.8. The molecule has 236 valence electrons. The van der Waals surface area contributed by atoms with Crippen molar-refractivity contribution in [2.24, 2.45) is 4.99 Å². The molecule has 0 spiro atoms. The Hall–Kier alpha value is -5.99. The molecule has 11 rings (SSSR count). The molecule has 0 saturated heterocycles. The number of furan rings is 1. The molecule has 0 bridgehead atoms. The second-order valence-corrected chi connectivity index (χ2v) is 15.4. The summed E-state index contributed by atoms with van der Waals surface area (Å²) in [5.41, 5.74) is 12.8. The van der Waals surface area contributed by atoms with Crippen LogP contribution in [0.1, 0.15) is 5.56 Å². The molecule has 1 aliphatic rings. The zero-order valence-electron chi connectivity index (χ0n) is 26.6. The van der Waals surface area contributed by atoms with Crippen molar-refractivity contribution in [2.75, 3.05) is 0 Å². The standard InChI is InChI=1S/C44H26IN4O/c1-6-15-41-31(8-1)32-10-7-9-30(42(32)50-41)26-16-20-29(21-17-26)49-39-22-18-27(43-45-35-11-2-3-12-36(35)46-43)24-33(39)34-25-28(19-23-40(34)49)44-47-37-13-4-5-14-38(37)48-44/h1-25H,(H,47,48)/q-1. The van der Waals surface area contributed by atoms with Gasteiger partial charge in [-0.3, -0.25) is 0 Å². The molecule has 0 radical (unpaired) electrons. The maximum atomic E-state index is 6.38. The predicted molar refractivity (Wildman–Crippen MR) is 200 cm³/mol. The molecule has 1 N–H and O–H groups in total. The average molecular weight is 754 g/mol. The number of benzene rings is 7. The Labute approximate surface area is 296 Å². The van der Waals surface area contributed by atoms with Gasteiger partial charge < -0.3 is 4.42 Å². The van der Waals surface area contributed by atoms with Crippen molar-refractivity contribution >= 4 is 64.2 Å². The van der Waals surface area contributed by atoms with Gasteiger partial charge >= 0.3 is 241 Å². The Bertz CT molecular complexity index is 2980. The van der Waals surface area contributed by atoms with Crippen LogP contribution in [0.5, 0.6) is 0 Å². The minimum atomic E-state index is -0.342. The normalized spacial score (nSPS) is 13.0. The summed E-state index contributed by atoms with van der Waals surface area (Å²) < 4.78 is 11.4. The van der Waals surface area contributed by atoms with Gasteiger partial charge in [0.15, 0.2) is 0 Å². The molecule has 10 aromatic rings. The molecule has 5 nitrogen and oxygen atoms in total. The van der Waals surface area contributed by atoms with Crippen LogP contribution in [-0.2, 0) is 0 Å². The zero-order chi connectivity index (χ0) is 32.8. The third kappa shape index (κ3) is 4.25. The first kappa shape index (κ1) is 27.9. The fourth-order valence-corrected chi connectivity index (χ4v) is 9.94. The van der Waals surface area contributed by atoms with Gasteiger partial charge in [0.2, 0.25) is 0 Å². The fourth-order valence-electron chi connectivity index (χ4n) is 7.40. The van der Waals surface area contributed by atoms with E-state index in [-0.39, 0.29) is 21.2 Å². The van der Waals surface area contributed by atoms with Gasteiger partial charge in [-0.1, -0.05) is 30.3 Å². The van der Waals surface area contributed by atoms with Crippen molar-refractivity contribution in [3.63, 3.8) is 0 Å². The monoisotopic (exact) mass is 753 g/mol. The van der Waals surface area contributed by atoms with Crippen LogP contribution >= 0.6 is 0 Å². The van der Waals surface area contributed by atoms with Crippen LogP contribution in [-0.4, -0.2) is 18.3 Å². The minimum absolute atomic E-state index is 0.342. The number of aliphatic imine (C=N–C) groups is 1. The molecule has 0 aliphatic carbocycles. The molecule has 1 aliphatic heterocycles. The summed E-state index contributed by atoms with van der Waals surface area (Å²) in [6.45, 7) is 0. The van der Waals surface area contributed by atoms with Crippen molar-refractivity contribution in [1.29, 1.82) is 0 Å². The summed E-state index contributed by atoms with van der Waals surface area (Å²) in [5.74, 6) is 0.871. The van der Waals surface area contributed by atoms with Gasteiger partial charge in [-0.15, -0.1) is 0 Å². The summed E-state index contributed by atoms with van der Waals surface area (Å²) in [5, 5.41) is 4.67. The number of nitrogens with one attached hydrogen (secondary N) is 1. The maximum absolute atomic E-state index is 6.38. The van der Waals surface area contributed by atoms with E-state index in [2.05, 4.69) is 131 Å². The van der Waals surface area contributed by atoms with Crippen LogP contribution in [0.4, 0.5) is 5.69 Å². The SMILES string of the molecule is c1ccc2c(c1)N=C(c1ccc3c(c1)c1cc(-c4nc5ccccc5[nH]4)ccc1n3-c1ccc(-c3cccc4c3oc3ccccc34)cc1)[I-]2. The number of rotatable bonds is 4. The van der Waals surface area contributed by atoms with E-state index in [9.17, 15) is 0 Å². The number of H-pyrrole nitrogens is 1. The Kier molecular flexibility index (Phi) is 6.00. The number of fused-ring (bicyclic) bond motifs is 8. The van der Waals surface area contributed by atoms with Crippen molar-refractivity contribution in [1.82, 2.24) is 14.5 Å². The average Bonchev–Trinajstić information content (AvgIpc) is 3.96. The van der Waals surface area contributed by atoms with Crippen molar-refractivity contribution in [3.8, 4) is 28.2 Å². The zero-order valence-corrected chi connectivity index (χ0v) is 28.7. The molecule has 0 atom stereocenters. The second-order valence-electron chi connectivity index (χ2n) is 12.7. The molecule has 3 aromatic heterocycles. The molecule has 0 unspecified atom stereocenters. The van der Waals surface area contributed by atoms with Gasteiger partial charge in [0.25, 0.3) is 0 Å². The molecule has 4 heterocycles. The van der Waals surface area contributed by atoms with Gasteiger partial charge in [0.1, 0.15) is 5.58 Å². The van der Waals surface area contributed by atoms with E-state index in [1.165, 1.54) is 23.6 Å². The third-order valence-corrected chi connectivity index (χ3v) is 12.6. The number of aromatic nitrogens is 3. The number of imidazole rings is 1. The van der Waals surface area contributed by atoms with E-state index >= 15 is 0 Å². The molecule has 7 aromatic carbocycles. The van der Waals surface area contributed by atoms with Crippen LogP contribution in [0.2, 0.25) is 0 Å². The topological polar surface area (TPSA) is 59.1 Å². The Morgan fingerprint density at radius 1 is 0.580 bits per heavy atom. The van der Waals surface area contributed by atoms with E-state index in [0.29, 0.717) is 0 Å². The van der Waals surface area contributed by atoms with E-state index in [1.54, 1.807) is 0 Å². The molecule has 0 fully saturated rings. The van der Waals surface area contributed by atoms with Crippen LogP contribution in [0, 0.1) is 3.57 Å². The van der Waals surface area contributed by atoms with Crippen LogP contribution in [0.3, 0.4) is 0 Å². The van der Waals surface area contributed by atoms with Crippen LogP contribution in [0.25, 0.3) is 83.0 Å². The summed E-state index contributed by atoms with van der Waals surface area (Å²) in [4.78, 5) is 13.5. The fraction of sp³-hybridized carbons (Fsp3) is 0. The quantitative estimate of drug-likeness (QED) is 0.184. The first-order chi connectivity index (χ1) is 24.7. The van der Waals surface area contributed by atoms with Crippen LogP contribution in [0.15, 0.2) is 161 Å². The van der Waals surface area contributed by atoms with E-state index in [1.807, 2.05) is 30.3 Å². The second kappa shape index (κ2) is 10.8. The van der Waals surface area contributed by atoms with E-state index < -0.39 is 0 Å². The number of hydrogen-bond donors (Lipinski definition) is 1. The van der Waals surface area contributed by atoms with E-state index in [4.69, 9.17) is 14.4 Å². The predicted octanol–water partition coefficient (Wildman–Crippen LogP) is 8.24. The Morgan fingerprint density at radius 3 is 2.16 bits per heavy atom. The summed E-state index contributed by atoms with van der Waals surface area (Å²) in [7, 11) is 0. The number of aromatic amines is 1. The molecular weight excluding hydrogens is 727 g/mol. The molecular formula is C44H26IN4O-. The summed E-state index contributed by atoms with van der Waals surface area (Å²) in [6, 6.07) is 53.8. The van der Waals surface area contributed by atoms with Gasteiger partial charge in [-0.05, 0) is 6.07 Å². The summed E-state index contributed by atoms with van der Waals surface area (Å²) in [6.07, 6.45) is 0. The first-order valence-electron chi connectivity index (χ1n) is 16.6.